The molecule has 5 N–H and O–H groups in total. The van der Waals surface area contributed by atoms with Gasteiger partial charge in [-0.3, -0.25) is 9.36 Å². The number of carboxylic acids is 2. The van der Waals surface area contributed by atoms with E-state index < -0.39 is 49.4 Å². The van der Waals surface area contributed by atoms with E-state index in [1.165, 1.54) is 23.3 Å². The summed E-state index contributed by atoms with van der Waals surface area (Å²) in [5.41, 5.74) is 4.32. The lowest BCUT2D eigenvalue weighted by molar-refractivity contribution is -0.193. The summed E-state index contributed by atoms with van der Waals surface area (Å²) in [5, 5.41) is 25.0. The number of fused-ring (bicyclic) bond motifs is 1. The summed E-state index contributed by atoms with van der Waals surface area (Å²) in [6.07, 6.45) is 3.23. The number of carboxylic acid groups (broad SMARTS) is 2. The summed E-state index contributed by atoms with van der Waals surface area (Å²) in [7, 11) is -2.47. The number of carbonyl (C=O) groups excluding carboxylic acids is 4. The normalized spacial score (nSPS) is 18.4. The summed E-state index contributed by atoms with van der Waals surface area (Å²) >= 11 is 0. The Morgan fingerprint density at radius 1 is 1.23 bits per heavy atom. The van der Waals surface area contributed by atoms with Crippen LogP contribution in [0.3, 0.4) is 0 Å². The highest BCUT2D eigenvalue weighted by atomic mass is 31.2. The fourth-order valence-electron chi connectivity index (χ4n) is 3.21. The second-order valence-electron chi connectivity index (χ2n) is 9.10. The van der Waals surface area contributed by atoms with Crippen LogP contribution in [0.5, 0.6) is 0 Å². The Hall–Kier alpha value is -4.17. The van der Waals surface area contributed by atoms with Gasteiger partial charge < -0.3 is 35.1 Å². The molecule has 0 saturated carbocycles. The van der Waals surface area contributed by atoms with Crippen LogP contribution in [0.1, 0.15) is 47.3 Å². The third-order valence-corrected chi connectivity index (χ3v) is 7.39. The number of nitrogen functional groups attached to an aromatic ring is 1. The Balaban J connectivity index is 0. The zero-order chi connectivity index (χ0) is 32.7. The SMILES string of the molecule is C.CC(O)(CC(=O)O)C(=O)O.CC[C@H](C)C[P@](C)(=O)COC1C=C(F)[C@H](n2cnc3c(N)ncnc32)O1.O=C=O.O=C=O. The molecule has 17 nitrogen and oxygen atoms in total. The molecular formula is C24H35FN5O12P. The predicted molar refractivity (Wildman–Crippen MR) is 144 cm³/mol. The van der Waals surface area contributed by atoms with Crippen molar-refractivity contribution in [3.05, 3.63) is 24.6 Å². The number of rotatable bonds is 10. The van der Waals surface area contributed by atoms with Gasteiger partial charge in [0.15, 0.2) is 35.4 Å². The Labute approximate surface area is 245 Å². The first kappa shape index (κ1) is 41.0. The molecule has 5 atom stereocenters. The second kappa shape index (κ2) is 19.1. The molecular weight excluding hydrogens is 600 g/mol. The summed E-state index contributed by atoms with van der Waals surface area (Å²) in [5.74, 6) is -2.84. The second-order valence-corrected chi connectivity index (χ2v) is 12.3. The quantitative estimate of drug-likeness (QED) is 0.271. The number of imidazole rings is 1. The molecule has 2 unspecified atom stereocenters. The van der Waals surface area contributed by atoms with Crippen molar-refractivity contribution in [2.24, 2.45) is 5.92 Å². The number of nitrogens with two attached hydrogens (primary N) is 1. The zero-order valence-electron chi connectivity index (χ0n) is 23.0. The van der Waals surface area contributed by atoms with Gasteiger partial charge in [0, 0.05) is 12.2 Å². The standard InChI is InChI=1S/C16H23FN5O3P.C5H8O5.2CO2.CH4/c1-4-10(2)6-26(3,23)9-24-12-5-11(17)16(25-12)22-8-21-13-14(18)19-7-20-15(13)22;1-5(10,4(8)9)2-3(6)7;2*2-1-3;/h5,7-8,10,12,16H,4,6,9H2,1-3H3,(H2,18,19,20);10H,2H2,1H3,(H,6,7)(H,8,9);;;1H4/t10-,12?,16+,26-;;;;/m0..../s1. The molecule has 43 heavy (non-hydrogen) atoms. The largest absolute Gasteiger partial charge is 0.481 e. The minimum absolute atomic E-state index is 0. The van der Waals surface area contributed by atoms with Gasteiger partial charge in [-0.25, -0.2) is 24.1 Å². The van der Waals surface area contributed by atoms with E-state index in [0.29, 0.717) is 23.2 Å². The molecule has 0 saturated heterocycles. The number of hydrogen-bond acceptors (Lipinski definition) is 14. The molecule has 19 heteroatoms. The first-order chi connectivity index (χ1) is 19.5. The number of aliphatic carboxylic acids is 2. The number of anilines is 1. The fraction of sp³-hybridized carbons (Fsp3) is 0.542. The van der Waals surface area contributed by atoms with Crippen molar-refractivity contribution in [2.75, 3.05) is 24.9 Å². The van der Waals surface area contributed by atoms with Crippen molar-refractivity contribution in [1.82, 2.24) is 19.5 Å². The highest BCUT2D eigenvalue weighted by molar-refractivity contribution is 7.62. The molecule has 3 heterocycles. The van der Waals surface area contributed by atoms with Crippen LogP contribution in [0, 0.1) is 5.92 Å². The van der Waals surface area contributed by atoms with Crippen LogP contribution in [-0.4, -0.2) is 90.1 Å². The topological polar surface area (TPSA) is 268 Å². The lowest BCUT2D eigenvalue weighted by atomic mass is 10.0. The summed E-state index contributed by atoms with van der Waals surface area (Å²) in [6, 6.07) is 0. The van der Waals surface area contributed by atoms with Gasteiger partial charge in [0.25, 0.3) is 0 Å². The van der Waals surface area contributed by atoms with Gasteiger partial charge in [0.05, 0.1) is 12.7 Å². The van der Waals surface area contributed by atoms with E-state index >= 15 is 0 Å². The minimum atomic E-state index is -2.47. The van der Waals surface area contributed by atoms with Crippen molar-refractivity contribution in [3.8, 4) is 0 Å². The number of hydrogen-bond donors (Lipinski definition) is 4. The first-order valence-electron chi connectivity index (χ1n) is 11.8. The average molecular weight is 636 g/mol. The predicted octanol–water partition coefficient (Wildman–Crippen LogP) is 1.90. The van der Waals surface area contributed by atoms with E-state index in [9.17, 15) is 18.5 Å². The molecule has 0 spiro atoms. The first-order valence-corrected chi connectivity index (χ1v) is 14.3. The van der Waals surface area contributed by atoms with E-state index in [0.717, 1.165) is 13.3 Å². The molecule has 1 aliphatic heterocycles. The fourth-order valence-corrected chi connectivity index (χ4v) is 5.36. The van der Waals surface area contributed by atoms with Crippen LogP contribution in [0.15, 0.2) is 24.6 Å². The molecule has 0 aromatic carbocycles. The maximum absolute atomic E-state index is 14.4. The molecule has 2 aromatic heterocycles. The van der Waals surface area contributed by atoms with Crippen LogP contribution >= 0.6 is 7.14 Å². The average Bonchev–Trinajstić information content (AvgIpc) is 3.47. The highest BCUT2D eigenvalue weighted by Crippen LogP contribution is 2.44. The molecule has 240 valence electrons. The number of ether oxygens (including phenoxy) is 2. The van der Waals surface area contributed by atoms with Crippen molar-refractivity contribution >= 4 is 48.4 Å². The number of aliphatic hydroxyl groups is 1. The number of aromatic nitrogens is 4. The Kier molecular flexibility index (Phi) is 18.2. The van der Waals surface area contributed by atoms with Crippen LogP contribution in [0.25, 0.3) is 11.2 Å². The minimum Gasteiger partial charge on any atom is -0.481 e. The molecule has 0 amide bonds. The number of nitrogens with zero attached hydrogens (tertiary/aromatic N) is 4. The molecule has 3 rings (SSSR count). The van der Waals surface area contributed by atoms with E-state index in [1.54, 1.807) is 6.66 Å². The molecule has 0 fully saturated rings. The van der Waals surface area contributed by atoms with Gasteiger partial charge in [0.1, 0.15) is 25.3 Å². The molecule has 2 aromatic rings. The summed E-state index contributed by atoms with van der Waals surface area (Å²) in [6.45, 7) is 6.74. The van der Waals surface area contributed by atoms with Crippen molar-refractivity contribution in [3.63, 3.8) is 0 Å². The molecule has 1 aliphatic rings. The lowest BCUT2D eigenvalue weighted by Gasteiger charge is -2.20. The van der Waals surface area contributed by atoms with Crippen LogP contribution < -0.4 is 5.73 Å². The van der Waals surface area contributed by atoms with Crippen molar-refractivity contribution < 1.29 is 62.5 Å². The Morgan fingerprint density at radius 3 is 2.26 bits per heavy atom. The van der Waals surface area contributed by atoms with Crippen molar-refractivity contribution in [1.29, 1.82) is 0 Å². The van der Waals surface area contributed by atoms with Crippen molar-refractivity contribution in [2.45, 2.75) is 59.2 Å². The maximum atomic E-state index is 14.4. The van der Waals surface area contributed by atoms with Gasteiger partial charge >= 0.3 is 24.2 Å². The summed E-state index contributed by atoms with van der Waals surface area (Å²) < 4.78 is 39.6. The smallest absolute Gasteiger partial charge is 0.373 e. The highest BCUT2D eigenvalue weighted by Gasteiger charge is 2.33. The van der Waals surface area contributed by atoms with Crippen LogP contribution in [-0.2, 0) is 42.8 Å². The van der Waals surface area contributed by atoms with E-state index in [4.69, 9.17) is 49.7 Å². The van der Waals surface area contributed by atoms with Gasteiger partial charge in [0.2, 0.25) is 0 Å². The van der Waals surface area contributed by atoms with Crippen LogP contribution in [0.4, 0.5) is 10.2 Å². The van der Waals surface area contributed by atoms with E-state index in [-0.39, 0.29) is 31.9 Å². The monoisotopic (exact) mass is 635 g/mol. The number of halogens is 1. The lowest BCUT2D eigenvalue weighted by Crippen LogP contribution is -2.37. The summed E-state index contributed by atoms with van der Waals surface area (Å²) in [4.78, 5) is 64.5. The maximum Gasteiger partial charge on any atom is 0.373 e. The van der Waals surface area contributed by atoms with Gasteiger partial charge in [-0.05, 0) is 19.5 Å². The Morgan fingerprint density at radius 2 is 1.79 bits per heavy atom. The van der Waals surface area contributed by atoms with Gasteiger partial charge in [-0.15, -0.1) is 0 Å². The van der Waals surface area contributed by atoms with E-state index in [2.05, 4.69) is 28.8 Å². The molecule has 0 bridgehead atoms. The van der Waals surface area contributed by atoms with Gasteiger partial charge in [-0.1, -0.05) is 27.7 Å². The van der Waals surface area contributed by atoms with E-state index in [1.807, 2.05) is 0 Å². The third-order valence-electron chi connectivity index (χ3n) is 5.30. The number of carbonyl (C=O) groups is 2. The molecule has 0 radical (unpaired) electrons. The third kappa shape index (κ3) is 14.0. The van der Waals surface area contributed by atoms with Gasteiger partial charge in [-0.2, -0.15) is 19.2 Å². The van der Waals surface area contributed by atoms with Crippen LogP contribution in [0.2, 0.25) is 0 Å². The molecule has 0 aliphatic carbocycles. The zero-order valence-corrected chi connectivity index (χ0v) is 23.9. The Bertz CT molecular complexity index is 1340.